The number of rotatable bonds is 9. The van der Waals surface area contributed by atoms with E-state index < -0.39 is 12.1 Å². The Morgan fingerprint density at radius 3 is 2.55 bits per heavy atom. The van der Waals surface area contributed by atoms with Crippen LogP contribution < -0.4 is 15.2 Å². The van der Waals surface area contributed by atoms with Crippen molar-refractivity contribution in [3.63, 3.8) is 0 Å². The Kier molecular flexibility index (Phi) is 9.63. The summed E-state index contributed by atoms with van der Waals surface area (Å²) < 4.78 is 13.4. The molecule has 2 aliphatic rings. The predicted molar refractivity (Wildman–Crippen MR) is 196 cm³/mol. The number of fused-ring (bicyclic) bond motifs is 2. The smallest absolute Gasteiger partial charge is 0.410 e. The number of nitrogens with zero attached hydrogens (tertiary/aromatic N) is 8. The molecule has 0 radical (unpaired) electrons. The van der Waals surface area contributed by atoms with E-state index in [1.807, 2.05) is 78.6 Å². The van der Waals surface area contributed by atoms with Crippen LogP contribution in [0.4, 0.5) is 10.6 Å². The number of amides is 1. The molecule has 0 bridgehead atoms. The van der Waals surface area contributed by atoms with Crippen molar-refractivity contribution in [2.45, 2.75) is 44.9 Å². The van der Waals surface area contributed by atoms with Gasteiger partial charge in [-0.15, -0.1) is 0 Å². The van der Waals surface area contributed by atoms with E-state index in [1.54, 1.807) is 4.90 Å². The third kappa shape index (κ3) is 6.85. The molecule has 51 heavy (non-hydrogen) atoms. The molecule has 260 valence electrons. The molecule has 1 amide bonds. The number of benzene rings is 3. The summed E-state index contributed by atoms with van der Waals surface area (Å²) in [4.78, 5) is 47.8. The van der Waals surface area contributed by atoms with Crippen LogP contribution in [0.25, 0.3) is 33.1 Å². The number of piperazine rings is 1. The lowest BCUT2D eigenvalue weighted by Crippen LogP contribution is -2.55. The Balaban J connectivity index is 1.26. The highest BCUT2D eigenvalue weighted by molar-refractivity contribution is 5.99. The van der Waals surface area contributed by atoms with Gasteiger partial charge in [-0.05, 0) is 55.9 Å². The average Bonchev–Trinajstić information content (AvgIpc) is 3.57. The Bertz CT molecular complexity index is 2190. The number of ether oxygens (including phenoxy) is 2. The molecule has 2 aromatic heterocycles. The first kappa shape index (κ1) is 33.7. The minimum absolute atomic E-state index is 0.0801. The highest BCUT2D eigenvalue weighted by Gasteiger charge is 2.34. The number of allylic oxidation sites excluding steroid dienone is 1. The van der Waals surface area contributed by atoms with Gasteiger partial charge in [0, 0.05) is 31.1 Å². The molecule has 0 saturated carbocycles. The number of carbonyl (C=O) groups is 1. The van der Waals surface area contributed by atoms with Crippen LogP contribution in [0.2, 0.25) is 0 Å². The van der Waals surface area contributed by atoms with E-state index >= 15 is 0 Å². The number of hydrogen-bond donors (Lipinski definition) is 0. The van der Waals surface area contributed by atoms with E-state index in [0.29, 0.717) is 30.2 Å². The first-order valence-corrected chi connectivity index (χ1v) is 17.2. The van der Waals surface area contributed by atoms with Crippen molar-refractivity contribution < 1.29 is 14.3 Å². The molecule has 2 aliphatic heterocycles. The number of nitriles is 1. The van der Waals surface area contributed by atoms with Crippen LogP contribution in [-0.4, -0.2) is 87.3 Å². The summed E-state index contributed by atoms with van der Waals surface area (Å²) in [7, 11) is 2.07. The monoisotopic (exact) mass is 684 g/mol. The summed E-state index contributed by atoms with van der Waals surface area (Å²) in [6.07, 6.45) is 3.19. The van der Waals surface area contributed by atoms with Crippen LogP contribution >= 0.6 is 0 Å². The third-order valence-electron chi connectivity index (χ3n) is 9.80. The van der Waals surface area contributed by atoms with Crippen molar-refractivity contribution in [2.75, 3.05) is 44.7 Å². The molecule has 0 spiro atoms. The number of hydrogen-bond acceptors (Lipinski definition) is 10. The van der Waals surface area contributed by atoms with Gasteiger partial charge in [0.15, 0.2) is 11.3 Å². The summed E-state index contributed by atoms with van der Waals surface area (Å²) in [6, 6.07) is 23.3. The normalized spacial score (nSPS) is 17.8. The van der Waals surface area contributed by atoms with Gasteiger partial charge in [-0.2, -0.15) is 15.2 Å². The molecule has 0 N–H and O–H groups in total. The molecule has 7 rings (SSSR count). The van der Waals surface area contributed by atoms with Crippen LogP contribution in [-0.2, 0) is 11.3 Å². The van der Waals surface area contributed by atoms with Crippen LogP contribution in [0.3, 0.4) is 0 Å². The van der Waals surface area contributed by atoms with E-state index in [2.05, 4.69) is 29.6 Å². The van der Waals surface area contributed by atoms with E-state index in [0.717, 1.165) is 46.9 Å². The molecule has 12 nitrogen and oxygen atoms in total. The van der Waals surface area contributed by atoms with Gasteiger partial charge in [-0.25, -0.2) is 9.78 Å². The average molecular weight is 685 g/mol. The topological polar surface area (TPSA) is 130 Å². The second kappa shape index (κ2) is 14.6. The molecule has 2 saturated heterocycles. The molecule has 4 heterocycles. The number of anilines is 1. The lowest BCUT2D eigenvalue weighted by molar-refractivity contribution is 0.0768. The fourth-order valence-electron chi connectivity index (χ4n) is 7.04. The second-order valence-corrected chi connectivity index (χ2v) is 13.2. The van der Waals surface area contributed by atoms with Gasteiger partial charge in [0.25, 0.3) is 5.56 Å². The molecule has 3 aromatic carbocycles. The zero-order valence-corrected chi connectivity index (χ0v) is 28.9. The number of likely N-dealkylation sites (tertiary alicyclic amines) is 1. The molecule has 5 aromatic rings. The maximum atomic E-state index is 14.5. The fourth-order valence-corrected chi connectivity index (χ4v) is 7.04. The molecule has 2 atom stereocenters. The van der Waals surface area contributed by atoms with Gasteiger partial charge < -0.3 is 24.2 Å². The lowest BCUT2D eigenvalue weighted by Gasteiger charge is -2.40. The molecule has 2 fully saturated rings. The van der Waals surface area contributed by atoms with Crippen molar-refractivity contribution in [3.8, 4) is 17.8 Å². The largest absolute Gasteiger partial charge is 0.462 e. The first-order valence-electron chi connectivity index (χ1n) is 17.2. The van der Waals surface area contributed by atoms with Crippen molar-refractivity contribution >= 4 is 39.3 Å². The summed E-state index contributed by atoms with van der Waals surface area (Å²) in [6.45, 7) is 8.55. The highest BCUT2D eigenvalue weighted by atomic mass is 16.6. The first-order chi connectivity index (χ1) is 24.8. The summed E-state index contributed by atoms with van der Waals surface area (Å²) in [5.74, 6) is 0.416. The quantitative estimate of drug-likeness (QED) is 0.194. The van der Waals surface area contributed by atoms with E-state index in [4.69, 9.17) is 19.4 Å². The summed E-state index contributed by atoms with van der Waals surface area (Å²) in [5.41, 5.74) is 3.42. The molecule has 0 unspecified atom stereocenters. The molecule has 12 heteroatoms. The fraction of sp³-hybridized carbons (Fsp3) is 0.333. The Morgan fingerprint density at radius 2 is 1.80 bits per heavy atom. The van der Waals surface area contributed by atoms with Crippen LogP contribution in [0.5, 0.6) is 6.01 Å². The van der Waals surface area contributed by atoms with Crippen molar-refractivity contribution in [3.05, 3.63) is 101 Å². The van der Waals surface area contributed by atoms with Crippen molar-refractivity contribution in [2.24, 2.45) is 0 Å². The standard InChI is InChI=1S/C39H40N8O4/c1-26(2)31-15-7-12-28-13-8-16-32(33(28)31)47-25-41-34-35(37(47)48)42-38(50-24-30-14-9-19-44(30)3)43-36(34)45-20-21-46(29(22-45)17-18-40)39(49)51-23-27-10-5-4-6-11-27/h4-8,10-13,15-16,25,29-30H,1,9,14,17,19-24H2,2-3H3/t29-,30-/m0/s1. The van der Waals surface area contributed by atoms with Crippen LogP contribution in [0, 0.1) is 11.3 Å². The van der Waals surface area contributed by atoms with Gasteiger partial charge in [-0.3, -0.25) is 9.36 Å². The Hall–Kier alpha value is -5.80. The SMILES string of the molecule is C=C(C)c1cccc2cccc(-n3cnc4c(N5CCN(C(=O)OCc6ccccc6)[C@@H](CC#N)C5)nc(OC[C@@H]5CCCN5C)nc4c3=O)c12. The maximum Gasteiger partial charge on any atom is 0.410 e. The van der Waals surface area contributed by atoms with Gasteiger partial charge >= 0.3 is 12.1 Å². The minimum atomic E-state index is -0.485. The van der Waals surface area contributed by atoms with Gasteiger partial charge in [0.1, 0.15) is 25.1 Å². The van der Waals surface area contributed by atoms with E-state index in [-0.39, 0.29) is 49.2 Å². The zero-order chi connectivity index (χ0) is 35.5. The van der Waals surface area contributed by atoms with Crippen LogP contribution in [0.1, 0.15) is 37.3 Å². The Morgan fingerprint density at radius 1 is 1.00 bits per heavy atom. The highest BCUT2D eigenvalue weighted by Crippen LogP contribution is 2.31. The van der Waals surface area contributed by atoms with Gasteiger partial charge in [0.2, 0.25) is 0 Å². The van der Waals surface area contributed by atoms with E-state index in [1.165, 1.54) is 10.9 Å². The minimum Gasteiger partial charge on any atom is -0.462 e. The molecular formula is C39H40N8O4. The number of likely N-dealkylation sites (N-methyl/N-ethyl adjacent to an activating group) is 1. The molecular weight excluding hydrogens is 644 g/mol. The molecule has 0 aliphatic carbocycles. The predicted octanol–water partition coefficient (Wildman–Crippen LogP) is 5.58. The van der Waals surface area contributed by atoms with Crippen LogP contribution in [0.15, 0.2) is 84.4 Å². The maximum absolute atomic E-state index is 14.5. The summed E-state index contributed by atoms with van der Waals surface area (Å²) >= 11 is 0. The summed E-state index contributed by atoms with van der Waals surface area (Å²) in [5, 5.41) is 11.6. The second-order valence-electron chi connectivity index (χ2n) is 13.2. The van der Waals surface area contributed by atoms with E-state index in [9.17, 15) is 14.9 Å². The lowest BCUT2D eigenvalue weighted by atomic mass is 9.98. The number of carbonyl (C=O) groups excluding carboxylic acids is 1. The Labute approximate surface area is 296 Å². The number of aromatic nitrogens is 4. The van der Waals surface area contributed by atoms with Crippen molar-refractivity contribution in [1.82, 2.24) is 29.3 Å². The third-order valence-corrected chi connectivity index (χ3v) is 9.80. The zero-order valence-electron chi connectivity index (χ0n) is 28.9. The van der Waals surface area contributed by atoms with Crippen molar-refractivity contribution in [1.29, 1.82) is 5.26 Å². The van der Waals surface area contributed by atoms with Gasteiger partial charge in [0.05, 0.1) is 24.2 Å². The van der Waals surface area contributed by atoms with Gasteiger partial charge in [-0.1, -0.05) is 72.8 Å².